The lowest BCUT2D eigenvalue weighted by Gasteiger charge is -2.20. The highest BCUT2D eigenvalue weighted by Crippen LogP contribution is 2.17. The number of pyridine rings is 2. The number of fused-ring (bicyclic) bond motifs is 1. The largest absolute Gasteiger partial charge is 0.443 e. The molecule has 3 rings (SSSR count). The van der Waals surface area contributed by atoms with E-state index in [-0.39, 0.29) is 11.1 Å². The molecule has 7 heteroatoms. The van der Waals surface area contributed by atoms with Gasteiger partial charge in [-0.15, -0.1) is 0 Å². The number of hydrogen-bond donors (Lipinski definition) is 0. The molecule has 0 atom stereocenters. The zero-order chi connectivity index (χ0) is 18.9. The van der Waals surface area contributed by atoms with E-state index in [0.29, 0.717) is 24.3 Å². The molecule has 0 spiro atoms. The second-order valence-electron chi connectivity index (χ2n) is 7.04. The van der Waals surface area contributed by atoms with Crippen LogP contribution >= 0.6 is 0 Å². The molecule has 3 aromatic heterocycles. The van der Waals surface area contributed by atoms with Gasteiger partial charge in [0.2, 0.25) is 0 Å². The summed E-state index contributed by atoms with van der Waals surface area (Å²) in [5, 5.41) is 0. The Kier molecular flexibility index (Phi) is 4.63. The Morgan fingerprint density at radius 1 is 1.27 bits per heavy atom. The van der Waals surface area contributed by atoms with E-state index in [4.69, 9.17) is 4.74 Å². The van der Waals surface area contributed by atoms with Crippen molar-refractivity contribution in [3.05, 3.63) is 58.5 Å². The number of nitrogens with zero attached hydrogens (tertiary/aromatic N) is 4. The van der Waals surface area contributed by atoms with Crippen molar-refractivity contribution in [3.63, 3.8) is 0 Å². The van der Waals surface area contributed by atoms with Crippen molar-refractivity contribution >= 4 is 17.1 Å². The minimum atomic E-state index is -0.631. The second kappa shape index (κ2) is 6.74. The first-order valence-corrected chi connectivity index (χ1v) is 8.53. The third-order valence-electron chi connectivity index (χ3n) is 3.83. The van der Waals surface area contributed by atoms with Crippen LogP contribution in [0.5, 0.6) is 0 Å². The summed E-state index contributed by atoms with van der Waals surface area (Å²) in [5.74, 6) is 0.505. The smallest absolute Gasteiger partial charge is 0.420 e. The van der Waals surface area contributed by atoms with E-state index in [0.717, 1.165) is 5.56 Å². The average Bonchev–Trinajstić information content (AvgIpc) is 2.96. The number of ether oxygens (including phenoxy) is 1. The quantitative estimate of drug-likeness (QED) is 0.722. The van der Waals surface area contributed by atoms with Crippen LogP contribution in [0.2, 0.25) is 0 Å². The van der Waals surface area contributed by atoms with Crippen LogP contribution in [0.25, 0.3) is 11.0 Å². The molecule has 3 aromatic rings. The highest BCUT2D eigenvalue weighted by molar-refractivity contribution is 5.87. The molecule has 0 aliphatic rings. The minimum absolute atomic E-state index is 0.247. The van der Waals surface area contributed by atoms with Crippen molar-refractivity contribution in [2.75, 3.05) is 0 Å². The minimum Gasteiger partial charge on any atom is -0.443 e. The van der Waals surface area contributed by atoms with Crippen molar-refractivity contribution in [1.82, 2.24) is 19.1 Å². The van der Waals surface area contributed by atoms with Crippen molar-refractivity contribution in [2.45, 2.75) is 46.3 Å². The molecule has 0 fully saturated rings. The SMILES string of the molecule is CCc1nc2c(=O)n(Cc3cccnc3)ccc2n1C(=O)OC(C)(C)C. The van der Waals surface area contributed by atoms with Gasteiger partial charge in [-0.05, 0) is 38.5 Å². The van der Waals surface area contributed by atoms with E-state index in [9.17, 15) is 9.59 Å². The highest BCUT2D eigenvalue weighted by atomic mass is 16.6. The molecule has 3 heterocycles. The van der Waals surface area contributed by atoms with Gasteiger partial charge in [-0.2, -0.15) is 0 Å². The van der Waals surface area contributed by atoms with Crippen molar-refractivity contribution in [3.8, 4) is 0 Å². The van der Waals surface area contributed by atoms with E-state index in [1.165, 1.54) is 4.57 Å². The Hall–Kier alpha value is -2.96. The molecule has 0 aliphatic carbocycles. The first kappa shape index (κ1) is 17.8. The summed E-state index contributed by atoms with van der Waals surface area (Å²) in [5.41, 5.74) is 0.760. The summed E-state index contributed by atoms with van der Waals surface area (Å²) >= 11 is 0. The average molecular weight is 354 g/mol. The first-order valence-electron chi connectivity index (χ1n) is 8.53. The standard InChI is InChI=1S/C19H22N4O3/c1-5-15-21-16-14(23(15)18(25)26-19(2,3)4)8-10-22(17(16)24)12-13-7-6-9-20-11-13/h6-11H,5,12H2,1-4H3. The number of imidazole rings is 1. The molecule has 7 nitrogen and oxygen atoms in total. The molecule has 136 valence electrons. The fourth-order valence-corrected chi connectivity index (χ4v) is 2.72. The lowest BCUT2D eigenvalue weighted by atomic mass is 10.2. The fourth-order valence-electron chi connectivity index (χ4n) is 2.72. The van der Waals surface area contributed by atoms with Crippen LogP contribution in [0.3, 0.4) is 0 Å². The van der Waals surface area contributed by atoms with E-state index >= 15 is 0 Å². The van der Waals surface area contributed by atoms with Crippen LogP contribution in [0.4, 0.5) is 4.79 Å². The Labute approximate surface area is 151 Å². The lowest BCUT2D eigenvalue weighted by Crippen LogP contribution is -2.28. The maximum Gasteiger partial charge on any atom is 0.420 e. The molecule has 0 unspecified atom stereocenters. The summed E-state index contributed by atoms with van der Waals surface area (Å²) in [6, 6.07) is 5.45. The molecule has 0 saturated carbocycles. The summed E-state index contributed by atoms with van der Waals surface area (Å²) in [4.78, 5) is 33.9. The van der Waals surface area contributed by atoms with Gasteiger partial charge in [0, 0.05) is 25.0 Å². The van der Waals surface area contributed by atoms with Gasteiger partial charge >= 0.3 is 6.09 Å². The zero-order valence-corrected chi connectivity index (χ0v) is 15.4. The zero-order valence-electron chi connectivity index (χ0n) is 15.4. The second-order valence-corrected chi connectivity index (χ2v) is 7.04. The highest BCUT2D eigenvalue weighted by Gasteiger charge is 2.23. The third-order valence-corrected chi connectivity index (χ3v) is 3.83. The fraction of sp³-hybridized carbons (Fsp3) is 0.368. The predicted molar refractivity (Wildman–Crippen MR) is 98.3 cm³/mol. The molecule has 0 amide bonds. The van der Waals surface area contributed by atoms with Crippen LogP contribution in [-0.4, -0.2) is 30.8 Å². The Morgan fingerprint density at radius 2 is 2.04 bits per heavy atom. The summed E-state index contributed by atoms with van der Waals surface area (Å²) in [7, 11) is 0. The Bertz CT molecular complexity index is 997. The molecular formula is C19H22N4O3. The van der Waals surface area contributed by atoms with Gasteiger partial charge in [0.1, 0.15) is 11.4 Å². The molecule has 0 aromatic carbocycles. The van der Waals surface area contributed by atoms with Crippen LogP contribution in [-0.2, 0) is 17.7 Å². The van der Waals surface area contributed by atoms with Crippen LogP contribution in [0.15, 0.2) is 41.6 Å². The molecule has 26 heavy (non-hydrogen) atoms. The molecule has 0 N–H and O–H groups in total. The van der Waals surface area contributed by atoms with Gasteiger partial charge in [0.05, 0.1) is 12.1 Å². The first-order chi connectivity index (χ1) is 12.3. The van der Waals surface area contributed by atoms with Crippen LogP contribution in [0.1, 0.15) is 39.1 Å². The molecular weight excluding hydrogens is 332 g/mol. The molecule has 0 saturated heterocycles. The number of aromatic nitrogens is 4. The Morgan fingerprint density at radius 3 is 2.65 bits per heavy atom. The number of rotatable bonds is 3. The number of carbonyl (C=O) groups excluding carboxylic acids is 1. The summed E-state index contributed by atoms with van der Waals surface area (Å²) in [6.45, 7) is 7.68. The van der Waals surface area contributed by atoms with Gasteiger partial charge in [-0.1, -0.05) is 13.0 Å². The van der Waals surface area contributed by atoms with Gasteiger partial charge in [0.25, 0.3) is 5.56 Å². The van der Waals surface area contributed by atoms with E-state index in [1.54, 1.807) is 50.0 Å². The van der Waals surface area contributed by atoms with Gasteiger partial charge in [0.15, 0.2) is 5.52 Å². The van der Waals surface area contributed by atoms with Gasteiger partial charge < -0.3 is 9.30 Å². The summed E-state index contributed by atoms with van der Waals surface area (Å²) in [6.07, 6.45) is 5.05. The molecule has 0 radical (unpaired) electrons. The Balaban J connectivity index is 2.07. The van der Waals surface area contributed by atoms with E-state index < -0.39 is 11.7 Å². The molecule has 0 bridgehead atoms. The number of hydrogen-bond acceptors (Lipinski definition) is 5. The number of carbonyl (C=O) groups is 1. The predicted octanol–water partition coefficient (Wildman–Crippen LogP) is 2.99. The van der Waals surface area contributed by atoms with Gasteiger partial charge in [-0.3, -0.25) is 9.78 Å². The lowest BCUT2D eigenvalue weighted by molar-refractivity contribution is 0.0539. The monoisotopic (exact) mass is 354 g/mol. The summed E-state index contributed by atoms with van der Waals surface area (Å²) < 4.78 is 8.41. The maximum absolute atomic E-state index is 12.8. The van der Waals surface area contributed by atoms with Crippen molar-refractivity contribution in [1.29, 1.82) is 0 Å². The molecule has 0 aliphatic heterocycles. The third kappa shape index (κ3) is 3.51. The topological polar surface area (TPSA) is 79.0 Å². The van der Waals surface area contributed by atoms with Crippen LogP contribution in [0, 0.1) is 0 Å². The van der Waals surface area contributed by atoms with Gasteiger partial charge in [-0.25, -0.2) is 14.3 Å². The van der Waals surface area contributed by atoms with E-state index in [1.807, 2.05) is 19.1 Å². The maximum atomic E-state index is 12.8. The van der Waals surface area contributed by atoms with E-state index in [2.05, 4.69) is 9.97 Å². The normalized spacial score (nSPS) is 11.7. The van der Waals surface area contributed by atoms with Crippen LogP contribution < -0.4 is 5.56 Å². The number of aryl methyl sites for hydroxylation is 1. The van der Waals surface area contributed by atoms with Crippen molar-refractivity contribution < 1.29 is 9.53 Å². The van der Waals surface area contributed by atoms with Crippen molar-refractivity contribution in [2.24, 2.45) is 0 Å².